The molecule has 0 aliphatic rings. The first kappa shape index (κ1) is 13.1. The molecular weight excluding hydrogens is 202 g/mol. The van der Waals surface area contributed by atoms with Crippen molar-refractivity contribution in [2.45, 2.75) is 0 Å². The van der Waals surface area contributed by atoms with Gasteiger partial charge in [0.1, 0.15) is 0 Å². The van der Waals surface area contributed by atoms with Gasteiger partial charge in [0.2, 0.25) is 0 Å². The van der Waals surface area contributed by atoms with Crippen molar-refractivity contribution in [1.29, 1.82) is 0 Å². The van der Waals surface area contributed by atoms with Gasteiger partial charge < -0.3 is 5.11 Å². The van der Waals surface area contributed by atoms with Gasteiger partial charge in [0, 0.05) is 36.0 Å². The van der Waals surface area contributed by atoms with Crippen LogP contribution in [0.25, 0.3) is 20.9 Å². The summed E-state index contributed by atoms with van der Waals surface area (Å²) in [6, 6.07) is 0. The van der Waals surface area contributed by atoms with E-state index in [4.69, 9.17) is 16.2 Å². The van der Waals surface area contributed by atoms with Crippen molar-refractivity contribution in [2.24, 2.45) is 10.2 Å². The molecule has 0 aromatic rings. The maximum atomic E-state index is 10.4. The average Bonchev–Trinajstić information content (AvgIpc) is 2.17. The quantitative estimate of drug-likeness (QED) is 0.365. The van der Waals surface area contributed by atoms with Crippen LogP contribution in [0.15, 0.2) is 10.2 Å². The first-order valence-corrected chi connectivity index (χ1v) is 4.16. The summed E-state index contributed by atoms with van der Waals surface area (Å²) < 4.78 is 0. The van der Waals surface area contributed by atoms with Crippen LogP contribution in [0.5, 0.6) is 0 Å². The van der Waals surface area contributed by atoms with Crippen molar-refractivity contribution < 1.29 is 9.90 Å². The average molecular weight is 213 g/mol. The lowest BCUT2D eigenvalue weighted by molar-refractivity contribution is -0.138. The number of carboxylic acids is 1. The molecular formula is C6H11N7O2. The maximum Gasteiger partial charge on any atom is 0.317 e. The van der Waals surface area contributed by atoms with Gasteiger partial charge >= 0.3 is 5.97 Å². The smallest absolute Gasteiger partial charge is 0.317 e. The van der Waals surface area contributed by atoms with E-state index in [-0.39, 0.29) is 19.6 Å². The van der Waals surface area contributed by atoms with Crippen molar-refractivity contribution in [3.63, 3.8) is 0 Å². The van der Waals surface area contributed by atoms with Crippen LogP contribution in [-0.2, 0) is 4.79 Å². The monoisotopic (exact) mass is 213 g/mol. The van der Waals surface area contributed by atoms with Crippen LogP contribution in [0, 0.1) is 0 Å². The number of carboxylic acid groups (broad SMARTS) is 1. The predicted molar refractivity (Wildman–Crippen MR) is 52.1 cm³/mol. The third-order valence-corrected chi connectivity index (χ3v) is 1.52. The van der Waals surface area contributed by atoms with Crippen molar-refractivity contribution in [3.8, 4) is 0 Å². The SMILES string of the molecule is [N-]=[N+]=NCCN(CCN=[N+]=[N-])CC(=O)O. The van der Waals surface area contributed by atoms with E-state index < -0.39 is 5.97 Å². The zero-order chi connectivity index (χ0) is 11.5. The molecule has 0 bridgehead atoms. The number of hydrogen-bond acceptors (Lipinski definition) is 4. The lowest BCUT2D eigenvalue weighted by Gasteiger charge is -2.17. The zero-order valence-electron chi connectivity index (χ0n) is 8.02. The predicted octanol–water partition coefficient (Wildman–Crippen LogP) is 0.994. The van der Waals surface area contributed by atoms with Crippen LogP contribution >= 0.6 is 0 Å². The Morgan fingerprint density at radius 2 is 1.67 bits per heavy atom. The second kappa shape index (κ2) is 8.64. The Bertz CT molecular complexity index is 270. The molecule has 0 fully saturated rings. The van der Waals surface area contributed by atoms with Gasteiger partial charge in [-0.3, -0.25) is 9.69 Å². The highest BCUT2D eigenvalue weighted by Crippen LogP contribution is 1.90. The summed E-state index contributed by atoms with van der Waals surface area (Å²) >= 11 is 0. The van der Waals surface area contributed by atoms with E-state index >= 15 is 0 Å². The highest BCUT2D eigenvalue weighted by molar-refractivity contribution is 5.69. The lowest BCUT2D eigenvalue weighted by atomic mass is 10.4. The van der Waals surface area contributed by atoms with Crippen LogP contribution in [0.2, 0.25) is 0 Å². The highest BCUT2D eigenvalue weighted by atomic mass is 16.4. The van der Waals surface area contributed by atoms with E-state index in [0.29, 0.717) is 13.1 Å². The first-order valence-electron chi connectivity index (χ1n) is 4.16. The summed E-state index contributed by atoms with van der Waals surface area (Å²) in [5.74, 6) is -0.975. The minimum atomic E-state index is -0.975. The van der Waals surface area contributed by atoms with Gasteiger partial charge in [-0.25, -0.2) is 0 Å². The molecule has 0 heterocycles. The first-order chi connectivity index (χ1) is 7.20. The molecule has 0 atom stereocenters. The number of hydrogen-bond donors (Lipinski definition) is 1. The van der Waals surface area contributed by atoms with Crippen molar-refractivity contribution >= 4 is 5.97 Å². The molecule has 0 radical (unpaired) electrons. The number of nitrogens with zero attached hydrogens (tertiary/aromatic N) is 7. The van der Waals surface area contributed by atoms with E-state index in [2.05, 4.69) is 20.1 Å². The Kier molecular flexibility index (Phi) is 7.52. The fourth-order valence-electron chi connectivity index (χ4n) is 0.923. The van der Waals surface area contributed by atoms with Gasteiger partial charge in [-0.05, 0) is 11.1 Å². The molecule has 9 heteroatoms. The van der Waals surface area contributed by atoms with Gasteiger partial charge in [0.15, 0.2) is 0 Å². The second-order valence-electron chi connectivity index (χ2n) is 2.58. The third-order valence-electron chi connectivity index (χ3n) is 1.52. The fraction of sp³-hybridized carbons (Fsp3) is 0.833. The van der Waals surface area contributed by atoms with E-state index in [0.717, 1.165) is 0 Å². The second-order valence-corrected chi connectivity index (χ2v) is 2.58. The lowest BCUT2D eigenvalue weighted by Crippen LogP contribution is -2.33. The van der Waals surface area contributed by atoms with E-state index in [1.54, 1.807) is 0 Å². The number of azide groups is 2. The summed E-state index contributed by atoms with van der Waals surface area (Å²) in [7, 11) is 0. The van der Waals surface area contributed by atoms with Gasteiger partial charge in [-0.2, -0.15) is 0 Å². The van der Waals surface area contributed by atoms with Crippen LogP contribution in [-0.4, -0.2) is 48.7 Å². The van der Waals surface area contributed by atoms with Crippen LogP contribution in [0.4, 0.5) is 0 Å². The summed E-state index contributed by atoms with van der Waals surface area (Å²) in [6.45, 7) is 0.886. The van der Waals surface area contributed by atoms with Gasteiger partial charge in [-0.15, -0.1) is 0 Å². The molecule has 82 valence electrons. The summed E-state index contributed by atoms with van der Waals surface area (Å²) in [4.78, 5) is 17.1. The van der Waals surface area contributed by atoms with Crippen molar-refractivity contribution in [1.82, 2.24) is 4.90 Å². The van der Waals surface area contributed by atoms with Gasteiger partial charge in [0.05, 0.1) is 6.54 Å². The summed E-state index contributed by atoms with van der Waals surface area (Å²) in [5.41, 5.74) is 16.1. The molecule has 0 aliphatic carbocycles. The standard InChI is InChI=1S/C6H11N7O2/c7-11-9-1-3-13(5-6(14)15)4-2-10-12-8/h1-5H2,(H,14,15). The molecule has 0 saturated heterocycles. The molecule has 0 unspecified atom stereocenters. The normalized spacial score (nSPS) is 9.13. The molecule has 0 saturated carbocycles. The Balaban J connectivity index is 3.98. The Hall–Kier alpha value is -1.95. The Morgan fingerprint density at radius 3 is 2.00 bits per heavy atom. The molecule has 0 rings (SSSR count). The van der Waals surface area contributed by atoms with E-state index in [1.165, 1.54) is 4.90 Å². The molecule has 0 aliphatic heterocycles. The fourth-order valence-corrected chi connectivity index (χ4v) is 0.923. The third kappa shape index (κ3) is 8.38. The van der Waals surface area contributed by atoms with Crippen molar-refractivity contribution in [2.75, 3.05) is 32.7 Å². The van der Waals surface area contributed by atoms with Crippen molar-refractivity contribution in [3.05, 3.63) is 20.9 Å². The number of aliphatic carboxylic acids is 1. The molecule has 9 nitrogen and oxygen atoms in total. The van der Waals surface area contributed by atoms with E-state index in [9.17, 15) is 4.79 Å². The summed E-state index contributed by atoms with van der Waals surface area (Å²) in [6.07, 6.45) is 0. The molecule has 0 aromatic carbocycles. The largest absolute Gasteiger partial charge is 0.480 e. The van der Waals surface area contributed by atoms with Crippen LogP contribution < -0.4 is 0 Å². The van der Waals surface area contributed by atoms with E-state index in [1.807, 2.05) is 0 Å². The summed E-state index contributed by atoms with van der Waals surface area (Å²) in [5, 5.41) is 15.1. The minimum Gasteiger partial charge on any atom is -0.480 e. The Labute approximate surface area is 85.5 Å². The molecule has 0 amide bonds. The van der Waals surface area contributed by atoms with Crippen LogP contribution in [0.1, 0.15) is 0 Å². The molecule has 1 N–H and O–H groups in total. The highest BCUT2D eigenvalue weighted by Gasteiger charge is 2.07. The zero-order valence-corrected chi connectivity index (χ0v) is 8.02. The molecule has 15 heavy (non-hydrogen) atoms. The van der Waals surface area contributed by atoms with Gasteiger partial charge in [-0.1, -0.05) is 10.2 Å². The molecule has 0 aromatic heterocycles. The number of carbonyl (C=O) groups is 1. The van der Waals surface area contributed by atoms with Crippen LogP contribution in [0.3, 0.4) is 0 Å². The Morgan fingerprint density at radius 1 is 1.20 bits per heavy atom. The van der Waals surface area contributed by atoms with Gasteiger partial charge in [0.25, 0.3) is 0 Å². The maximum absolute atomic E-state index is 10.4. The number of rotatable bonds is 8. The molecule has 0 spiro atoms. The topological polar surface area (TPSA) is 138 Å². The minimum absolute atomic E-state index is 0.165.